The molecule has 2 aliphatic rings. The molecule has 1 aromatic carbocycles. The van der Waals surface area contributed by atoms with Crippen LogP contribution in [0.1, 0.15) is 82.0 Å². The first-order valence-corrected chi connectivity index (χ1v) is 16.8. The molecule has 4 rings (SSSR count). The van der Waals surface area contributed by atoms with E-state index in [-0.39, 0.29) is 23.1 Å². The lowest BCUT2D eigenvalue weighted by Crippen LogP contribution is -2.56. The first-order chi connectivity index (χ1) is 24.3. The number of pyridine rings is 1. The molecule has 2 aliphatic carbocycles. The van der Waals surface area contributed by atoms with Crippen LogP contribution in [0.3, 0.4) is 0 Å². The van der Waals surface area contributed by atoms with Crippen molar-refractivity contribution >= 4 is 35.6 Å². The van der Waals surface area contributed by atoms with Crippen LogP contribution in [0.15, 0.2) is 79.2 Å². The predicted octanol–water partition coefficient (Wildman–Crippen LogP) is 4.52. The van der Waals surface area contributed by atoms with Gasteiger partial charge in [-0.25, -0.2) is 9.59 Å². The van der Waals surface area contributed by atoms with Crippen molar-refractivity contribution in [2.45, 2.75) is 96.9 Å². The Balaban J connectivity index is 1.97. The Morgan fingerprint density at radius 2 is 1.42 bits per heavy atom. The molecule has 1 N–H and O–H groups in total. The van der Waals surface area contributed by atoms with Crippen molar-refractivity contribution in [2.75, 3.05) is 0 Å². The average Bonchev–Trinajstić information content (AvgIpc) is 3.29. The number of ketones is 1. The van der Waals surface area contributed by atoms with Crippen LogP contribution in [0.2, 0.25) is 0 Å². The molecule has 52 heavy (non-hydrogen) atoms. The number of fused-ring (bicyclic) bond motifs is 1. The maximum atomic E-state index is 14.8. The normalized spacial score (nSPS) is 30.1. The van der Waals surface area contributed by atoms with Crippen LogP contribution in [-0.4, -0.2) is 81.3 Å². The molecule has 0 saturated heterocycles. The molecule has 1 fully saturated rings. The Labute approximate surface area is 302 Å². The highest BCUT2D eigenvalue weighted by Crippen LogP contribution is 2.52. The molecule has 0 amide bonds. The monoisotopic (exact) mass is 719 g/mol. The van der Waals surface area contributed by atoms with Gasteiger partial charge in [0, 0.05) is 57.3 Å². The molecule has 13 nitrogen and oxygen atoms in total. The number of hydrogen-bond acceptors (Lipinski definition) is 13. The van der Waals surface area contributed by atoms with Crippen LogP contribution in [0, 0.1) is 17.3 Å². The molecule has 1 saturated carbocycles. The first kappa shape index (κ1) is 39.6. The summed E-state index contributed by atoms with van der Waals surface area (Å²) < 4.78 is 29.5. The summed E-state index contributed by atoms with van der Waals surface area (Å²) in [5, 5.41) is 12.0. The van der Waals surface area contributed by atoms with Crippen LogP contribution in [-0.2, 0) is 42.9 Å². The summed E-state index contributed by atoms with van der Waals surface area (Å²) in [4.78, 5) is 84.1. The summed E-state index contributed by atoms with van der Waals surface area (Å²) in [6.07, 6.45) is -0.598. The minimum atomic E-state index is -2.23. The van der Waals surface area contributed by atoms with Crippen molar-refractivity contribution in [1.82, 2.24) is 4.98 Å². The van der Waals surface area contributed by atoms with E-state index in [4.69, 9.17) is 23.7 Å². The average molecular weight is 720 g/mol. The zero-order valence-corrected chi connectivity index (χ0v) is 30.3. The van der Waals surface area contributed by atoms with Crippen molar-refractivity contribution in [1.29, 1.82) is 0 Å². The highest BCUT2D eigenvalue weighted by atomic mass is 16.6. The maximum Gasteiger partial charge on any atom is 0.340 e. The molecular weight excluding hydrogens is 674 g/mol. The minimum absolute atomic E-state index is 0.0182. The molecule has 0 radical (unpaired) electrons. The number of Topliss-reactive ketones (excluding diaryl/α,β-unsaturated/α-hetero) is 1. The van der Waals surface area contributed by atoms with Gasteiger partial charge in [0.15, 0.2) is 11.4 Å². The smallest absolute Gasteiger partial charge is 0.340 e. The van der Waals surface area contributed by atoms with Crippen molar-refractivity contribution in [2.24, 2.45) is 17.3 Å². The lowest BCUT2D eigenvalue weighted by Gasteiger charge is -2.42. The van der Waals surface area contributed by atoms with Gasteiger partial charge in [-0.1, -0.05) is 57.7 Å². The van der Waals surface area contributed by atoms with Gasteiger partial charge in [0.1, 0.15) is 30.0 Å². The van der Waals surface area contributed by atoms with Crippen molar-refractivity contribution in [3.63, 3.8) is 0 Å². The number of allylic oxidation sites excluding steroid dienone is 1. The van der Waals surface area contributed by atoms with Crippen LogP contribution < -0.4 is 0 Å². The fourth-order valence-electron chi connectivity index (χ4n) is 7.13. The minimum Gasteiger partial charge on any atom is -0.458 e. The third kappa shape index (κ3) is 8.64. The maximum absolute atomic E-state index is 14.8. The summed E-state index contributed by atoms with van der Waals surface area (Å²) >= 11 is 0. The number of nitrogens with zero attached hydrogens (tertiary/aromatic N) is 1. The van der Waals surface area contributed by atoms with E-state index < -0.39 is 94.9 Å². The molecule has 1 heterocycles. The van der Waals surface area contributed by atoms with E-state index >= 15 is 0 Å². The largest absolute Gasteiger partial charge is 0.458 e. The van der Waals surface area contributed by atoms with E-state index in [9.17, 15) is 33.9 Å². The number of rotatable bonds is 7. The lowest BCUT2D eigenvalue weighted by molar-refractivity contribution is -0.182. The highest BCUT2D eigenvalue weighted by Gasteiger charge is 2.70. The van der Waals surface area contributed by atoms with Gasteiger partial charge in [-0.05, 0) is 36.8 Å². The van der Waals surface area contributed by atoms with Crippen LogP contribution in [0.4, 0.5) is 0 Å². The molecule has 278 valence electrons. The Morgan fingerprint density at radius 3 is 2.00 bits per heavy atom. The predicted molar refractivity (Wildman–Crippen MR) is 184 cm³/mol. The van der Waals surface area contributed by atoms with Gasteiger partial charge in [0.2, 0.25) is 0 Å². The second-order valence-electron chi connectivity index (χ2n) is 14.2. The van der Waals surface area contributed by atoms with E-state index in [2.05, 4.69) is 11.6 Å². The number of aromatic nitrogens is 1. The van der Waals surface area contributed by atoms with Crippen molar-refractivity contribution < 1.29 is 57.6 Å². The van der Waals surface area contributed by atoms with Crippen molar-refractivity contribution in [3.05, 3.63) is 90.3 Å². The van der Waals surface area contributed by atoms with E-state index in [0.717, 1.165) is 13.8 Å². The SMILES string of the molecule is C=C1CC(OC(C)=O)C(OC(=O)c2cccnc2)C(C)(C)C=CC(C)C(=O)C2(OC(C)=O)CC(C)(O)C(OC(=O)c3ccccc3)C2C1OC(C)=O. The number of aliphatic hydroxyl groups is 1. The number of carbonyl (C=O) groups excluding carboxylic acids is 6. The van der Waals surface area contributed by atoms with Crippen LogP contribution >= 0.6 is 0 Å². The molecule has 1 aromatic heterocycles. The van der Waals surface area contributed by atoms with E-state index in [1.165, 1.54) is 57.4 Å². The summed E-state index contributed by atoms with van der Waals surface area (Å²) in [5.41, 5.74) is -5.12. The zero-order chi connectivity index (χ0) is 38.6. The third-order valence-electron chi connectivity index (χ3n) is 9.32. The third-order valence-corrected chi connectivity index (χ3v) is 9.32. The molecule has 0 aliphatic heterocycles. The van der Waals surface area contributed by atoms with Crippen LogP contribution in [0.25, 0.3) is 0 Å². The fourth-order valence-corrected chi connectivity index (χ4v) is 7.13. The van der Waals surface area contributed by atoms with E-state index in [0.29, 0.717) is 0 Å². The number of esters is 5. The second kappa shape index (κ2) is 15.6. The molecule has 8 atom stereocenters. The number of hydrogen-bond donors (Lipinski definition) is 1. The number of benzene rings is 1. The standard InChI is InChI=1S/C39H45NO12/c1-22-16-17-37(6,7)33(50-36(46)28-15-12-18-40-20-28)29(48-24(3)41)19-23(2)31(49-25(4)42)30-34(51-35(45)27-13-10-9-11-14-27)38(8,47)21-39(30,32(22)44)52-26(5)43/h9-18,20,22,29-31,33-34,47H,2,19,21H2,1,3-8H3. The lowest BCUT2D eigenvalue weighted by atomic mass is 9.72. The molecule has 8 unspecified atom stereocenters. The Kier molecular flexibility index (Phi) is 11.9. The Hall–Kier alpha value is -5.17. The molecule has 0 spiro atoms. The zero-order valence-electron chi connectivity index (χ0n) is 30.3. The molecule has 13 heteroatoms. The van der Waals surface area contributed by atoms with Crippen molar-refractivity contribution in [3.8, 4) is 0 Å². The highest BCUT2D eigenvalue weighted by molar-refractivity contribution is 5.94. The van der Waals surface area contributed by atoms with Crippen LogP contribution in [0.5, 0.6) is 0 Å². The summed E-state index contributed by atoms with van der Waals surface area (Å²) in [5.74, 6) is -7.40. The molecular formula is C39H45NO12. The van der Waals surface area contributed by atoms with Gasteiger partial charge >= 0.3 is 29.8 Å². The number of carbonyl (C=O) groups is 6. The summed E-state index contributed by atoms with van der Waals surface area (Å²) in [6, 6.07) is 10.9. The number of ether oxygens (including phenoxy) is 5. The van der Waals surface area contributed by atoms with Gasteiger partial charge in [-0.2, -0.15) is 0 Å². The Bertz CT molecular complexity index is 1730. The van der Waals surface area contributed by atoms with E-state index in [1.54, 1.807) is 44.2 Å². The Morgan fingerprint density at radius 1 is 0.827 bits per heavy atom. The van der Waals surface area contributed by atoms with Gasteiger partial charge in [0.25, 0.3) is 0 Å². The molecule has 2 aromatic rings. The summed E-state index contributed by atoms with van der Waals surface area (Å²) in [6.45, 7) is 13.8. The topological polar surface area (TPSA) is 182 Å². The molecule has 0 bridgehead atoms. The second-order valence-corrected chi connectivity index (χ2v) is 14.2. The fraction of sp³-hybridized carbons (Fsp3) is 0.462. The quantitative estimate of drug-likeness (QED) is 0.240. The van der Waals surface area contributed by atoms with Gasteiger partial charge < -0.3 is 28.8 Å². The van der Waals surface area contributed by atoms with Gasteiger partial charge in [-0.15, -0.1) is 0 Å². The first-order valence-electron chi connectivity index (χ1n) is 16.8. The summed E-state index contributed by atoms with van der Waals surface area (Å²) in [7, 11) is 0. The van der Waals surface area contributed by atoms with Gasteiger partial charge in [-0.3, -0.25) is 24.2 Å². The van der Waals surface area contributed by atoms with Gasteiger partial charge in [0.05, 0.1) is 17.0 Å². The van der Waals surface area contributed by atoms with E-state index in [1.807, 2.05) is 0 Å².